The number of hydrogen-bond acceptors (Lipinski definition) is 3. The number of hydrogen-bond donors (Lipinski definition) is 1. The summed E-state index contributed by atoms with van der Waals surface area (Å²) < 4.78 is 5.19. The molecule has 0 aromatic carbocycles. The van der Waals surface area contributed by atoms with Crippen molar-refractivity contribution in [3.63, 3.8) is 0 Å². The number of rotatable bonds is 4. The Morgan fingerprint density at radius 2 is 2.04 bits per heavy atom. The highest BCUT2D eigenvalue weighted by Gasteiger charge is 2.35. The van der Waals surface area contributed by atoms with E-state index in [4.69, 9.17) is 9.73 Å². The Balaban J connectivity index is 0.00000208. The molecule has 1 saturated carbocycles. The lowest BCUT2D eigenvalue weighted by Gasteiger charge is -2.22. The molecule has 1 N–H and O–H groups in total. The number of nitrogens with one attached hydrogen (secondary N) is 1. The maximum Gasteiger partial charge on any atom is 0.213 e. The van der Waals surface area contributed by atoms with Crippen LogP contribution >= 0.6 is 24.0 Å². The van der Waals surface area contributed by atoms with E-state index in [1.807, 2.05) is 12.1 Å². The van der Waals surface area contributed by atoms with Gasteiger partial charge in [-0.25, -0.2) is 9.98 Å². The highest BCUT2D eigenvalue weighted by Crippen LogP contribution is 2.35. The first kappa shape index (κ1) is 19.3. The standard InChI is InChI=1S/C18H28N4O.HI/c1-3-19-18(21-11-14-8-9-20-17(10-14)23-2)22-12-15-6-4-5-7-16(15)13-22;/h8-10,15-16H,3-7,11-13H2,1-2H3,(H,19,21);1H. The maximum atomic E-state index is 5.19. The van der Waals surface area contributed by atoms with Crippen molar-refractivity contribution in [3.8, 4) is 5.88 Å². The molecule has 0 amide bonds. The summed E-state index contributed by atoms with van der Waals surface area (Å²) >= 11 is 0. The van der Waals surface area contributed by atoms with Crippen molar-refractivity contribution in [1.82, 2.24) is 15.2 Å². The van der Waals surface area contributed by atoms with Crippen LogP contribution in [0.25, 0.3) is 0 Å². The van der Waals surface area contributed by atoms with Gasteiger partial charge in [0, 0.05) is 31.9 Å². The lowest BCUT2D eigenvalue weighted by atomic mass is 9.82. The number of guanidine groups is 1. The number of halogens is 1. The van der Waals surface area contributed by atoms with Crippen LogP contribution in [0.3, 0.4) is 0 Å². The fraction of sp³-hybridized carbons (Fsp3) is 0.667. The minimum Gasteiger partial charge on any atom is -0.481 e. The van der Waals surface area contributed by atoms with Gasteiger partial charge in [0.1, 0.15) is 0 Å². The van der Waals surface area contributed by atoms with Gasteiger partial charge in [-0.3, -0.25) is 0 Å². The molecule has 1 aliphatic carbocycles. The van der Waals surface area contributed by atoms with Gasteiger partial charge in [-0.05, 0) is 43.2 Å². The van der Waals surface area contributed by atoms with Gasteiger partial charge >= 0.3 is 0 Å². The van der Waals surface area contributed by atoms with Gasteiger partial charge in [-0.15, -0.1) is 24.0 Å². The molecule has 2 heterocycles. The smallest absolute Gasteiger partial charge is 0.213 e. The first-order chi connectivity index (χ1) is 11.3. The third-order valence-corrected chi connectivity index (χ3v) is 5.03. The fourth-order valence-electron chi connectivity index (χ4n) is 3.83. The summed E-state index contributed by atoms with van der Waals surface area (Å²) in [4.78, 5) is 11.5. The van der Waals surface area contributed by atoms with Crippen molar-refractivity contribution in [2.75, 3.05) is 26.7 Å². The highest BCUT2D eigenvalue weighted by molar-refractivity contribution is 14.0. The van der Waals surface area contributed by atoms with E-state index in [1.54, 1.807) is 13.3 Å². The zero-order chi connectivity index (χ0) is 16.1. The van der Waals surface area contributed by atoms with Gasteiger partial charge in [0.2, 0.25) is 5.88 Å². The van der Waals surface area contributed by atoms with Crippen molar-refractivity contribution < 1.29 is 4.74 Å². The predicted octanol–water partition coefficient (Wildman–Crippen LogP) is 3.30. The van der Waals surface area contributed by atoms with E-state index in [9.17, 15) is 0 Å². The molecule has 6 heteroatoms. The minimum absolute atomic E-state index is 0. The number of pyridine rings is 1. The number of ether oxygens (including phenoxy) is 1. The quantitative estimate of drug-likeness (QED) is 0.440. The van der Waals surface area contributed by atoms with Gasteiger partial charge < -0.3 is 15.0 Å². The molecule has 24 heavy (non-hydrogen) atoms. The highest BCUT2D eigenvalue weighted by atomic mass is 127. The second-order valence-electron chi connectivity index (χ2n) is 6.59. The molecule has 134 valence electrons. The van der Waals surface area contributed by atoms with E-state index in [0.717, 1.165) is 43.0 Å². The minimum atomic E-state index is 0. The molecule has 1 aliphatic heterocycles. The van der Waals surface area contributed by atoms with Crippen molar-refractivity contribution in [3.05, 3.63) is 23.9 Å². The molecule has 0 bridgehead atoms. The average molecular weight is 444 g/mol. The molecule has 2 fully saturated rings. The van der Waals surface area contributed by atoms with Crippen LogP contribution in [0.1, 0.15) is 38.2 Å². The molecular weight excluding hydrogens is 415 g/mol. The molecule has 3 rings (SSSR count). The zero-order valence-corrected chi connectivity index (χ0v) is 17.0. The van der Waals surface area contributed by atoms with Crippen LogP contribution in [-0.4, -0.2) is 42.6 Å². The predicted molar refractivity (Wildman–Crippen MR) is 108 cm³/mol. The molecule has 2 aliphatic rings. The monoisotopic (exact) mass is 444 g/mol. The summed E-state index contributed by atoms with van der Waals surface area (Å²) in [5.74, 6) is 3.44. The van der Waals surface area contributed by atoms with Crippen LogP contribution in [-0.2, 0) is 6.54 Å². The molecule has 1 saturated heterocycles. The van der Waals surface area contributed by atoms with Crippen LogP contribution < -0.4 is 10.1 Å². The van der Waals surface area contributed by atoms with E-state index in [-0.39, 0.29) is 24.0 Å². The molecule has 1 aromatic rings. The lowest BCUT2D eigenvalue weighted by molar-refractivity contribution is 0.299. The third kappa shape index (κ3) is 4.74. The Labute approximate surface area is 162 Å². The molecule has 2 atom stereocenters. The fourth-order valence-corrected chi connectivity index (χ4v) is 3.83. The number of methoxy groups -OCH3 is 1. The van der Waals surface area contributed by atoms with E-state index in [0.29, 0.717) is 12.4 Å². The molecule has 0 radical (unpaired) electrons. The van der Waals surface area contributed by atoms with E-state index >= 15 is 0 Å². The largest absolute Gasteiger partial charge is 0.481 e. The van der Waals surface area contributed by atoms with E-state index in [1.165, 1.54) is 25.7 Å². The summed E-state index contributed by atoms with van der Waals surface area (Å²) in [6.45, 7) is 6.03. The van der Waals surface area contributed by atoms with Gasteiger partial charge in [0.25, 0.3) is 0 Å². The molecule has 5 nitrogen and oxygen atoms in total. The summed E-state index contributed by atoms with van der Waals surface area (Å²) in [5, 5.41) is 3.46. The summed E-state index contributed by atoms with van der Waals surface area (Å²) in [6.07, 6.45) is 7.37. The van der Waals surface area contributed by atoms with Crippen LogP contribution in [0, 0.1) is 11.8 Å². The van der Waals surface area contributed by atoms with Gasteiger partial charge in [0.15, 0.2) is 5.96 Å². The number of likely N-dealkylation sites (tertiary alicyclic amines) is 1. The summed E-state index contributed by atoms with van der Waals surface area (Å²) in [6, 6.07) is 3.95. The summed E-state index contributed by atoms with van der Waals surface area (Å²) in [7, 11) is 1.64. The normalized spacial score (nSPS) is 23.4. The van der Waals surface area contributed by atoms with Crippen molar-refractivity contribution in [2.24, 2.45) is 16.8 Å². The van der Waals surface area contributed by atoms with Gasteiger partial charge in [0.05, 0.1) is 13.7 Å². The number of aliphatic imine (C=N–C) groups is 1. The third-order valence-electron chi connectivity index (χ3n) is 5.03. The maximum absolute atomic E-state index is 5.19. The van der Waals surface area contributed by atoms with E-state index in [2.05, 4.69) is 22.1 Å². The lowest BCUT2D eigenvalue weighted by Crippen LogP contribution is -2.40. The molecular formula is C18H29IN4O. The van der Waals surface area contributed by atoms with E-state index < -0.39 is 0 Å². The van der Waals surface area contributed by atoms with Crippen LogP contribution in [0.5, 0.6) is 5.88 Å². The van der Waals surface area contributed by atoms with Crippen LogP contribution in [0.4, 0.5) is 0 Å². The second-order valence-corrected chi connectivity index (χ2v) is 6.59. The van der Waals surface area contributed by atoms with Crippen molar-refractivity contribution >= 4 is 29.9 Å². The second kappa shape index (κ2) is 9.44. The zero-order valence-electron chi connectivity index (χ0n) is 14.7. The van der Waals surface area contributed by atoms with Crippen LogP contribution in [0.2, 0.25) is 0 Å². The Morgan fingerprint density at radius 3 is 2.67 bits per heavy atom. The Bertz CT molecular complexity index is 538. The topological polar surface area (TPSA) is 49.8 Å². The molecule has 2 unspecified atom stereocenters. The number of aromatic nitrogens is 1. The number of fused-ring (bicyclic) bond motifs is 1. The van der Waals surface area contributed by atoms with Gasteiger partial charge in [-0.1, -0.05) is 12.8 Å². The molecule has 1 aromatic heterocycles. The first-order valence-corrected chi connectivity index (χ1v) is 8.82. The van der Waals surface area contributed by atoms with Crippen LogP contribution in [0.15, 0.2) is 23.3 Å². The first-order valence-electron chi connectivity index (χ1n) is 8.82. The molecule has 0 spiro atoms. The summed E-state index contributed by atoms with van der Waals surface area (Å²) in [5.41, 5.74) is 1.13. The average Bonchev–Trinajstić information content (AvgIpc) is 3.02. The SMILES string of the molecule is CCNC(=NCc1ccnc(OC)c1)N1CC2CCCCC2C1.I. The Morgan fingerprint density at radius 1 is 1.33 bits per heavy atom. The Kier molecular flexibility index (Phi) is 7.58. The van der Waals surface area contributed by atoms with Crippen molar-refractivity contribution in [1.29, 1.82) is 0 Å². The van der Waals surface area contributed by atoms with Gasteiger partial charge in [-0.2, -0.15) is 0 Å². The number of nitrogens with zero attached hydrogens (tertiary/aromatic N) is 3. The van der Waals surface area contributed by atoms with Crippen molar-refractivity contribution in [2.45, 2.75) is 39.2 Å². The Hall–Kier alpha value is -1.05.